The van der Waals surface area contributed by atoms with Gasteiger partial charge in [0.05, 0.1) is 0 Å². The van der Waals surface area contributed by atoms with Crippen LogP contribution in [0, 0.1) is 6.92 Å². The number of hydrogen-bond acceptors (Lipinski definition) is 0. The molecule has 4 aromatic rings. The molecule has 0 aliphatic heterocycles. The quantitative estimate of drug-likeness (QED) is 0.295. The molecule has 1 aromatic heterocycles. The Balaban J connectivity index is 1.54. The Hall–Kier alpha value is -1.84. The Kier molecular flexibility index (Phi) is 4.48. The number of benzene rings is 2. The van der Waals surface area contributed by atoms with Gasteiger partial charge >= 0.3 is 0 Å². The van der Waals surface area contributed by atoms with Crippen molar-refractivity contribution < 1.29 is 0 Å². The Bertz CT molecular complexity index is 1260. The van der Waals surface area contributed by atoms with Crippen LogP contribution in [0.2, 0.25) is 0 Å². The highest BCUT2D eigenvalue weighted by atomic mass is 79.9. The predicted molar refractivity (Wildman–Crippen MR) is 127 cm³/mol. The maximum absolute atomic E-state index is 3.85. The molecule has 3 aromatic carbocycles. The van der Waals surface area contributed by atoms with E-state index in [1.54, 1.807) is 0 Å². The average Bonchev–Trinajstić information content (AvgIpc) is 3.18. The van der Waals surface area contributed by atoms with Crippen molar-refractivity contribution in [2.75, 3.05) is 0 Å². The summed E-state index contributed by atoms with van der Waals surface area (Å²) in [5.74, 6) is 0.507. The van der Waals surface area contributed by atoms with Crippen LogP contribution in [-0.2, 0) is 6.42 Å². The van der Waals surface area contributed by atoms with Gasteiger partial charge in [-0.05, 0) is 99.9 Å². The Labute approximate surface area is 182 Å². The van der Waals surface area contributed by atoms with Crippen molar-refractivity contribution >= 4 is 59.6 Å². The molecule has 1 unspecified atom stereocenters. The van der Waals surface area contributed by atoms with Crippen LogP contribution in [0.5, 0.6) is 0 Å². The predicted octanol–water partition coefficient (Wildman–Crippen LogP) is 8.29. The van der Waals surface area contributed by atoms with E-state index in [1.165, 1.54) is 58.4 Å². The van der Waals surface area contributed by atoms with Gasteiger partial charge in [0.25, 0.3) is 0 Å². The van der Waals surface area contributed by atoms with Crippen LogP contribution in [0.1, 0.15) is 41.5 Å². The molecule has 1 N–H and O–H groups in total. The zero-order valence-electron chi connectivity index (χ0n) is 15.9. The molecule has 1 atom stereocenters. The van der Waals surface area contributed by atoms with Crippen molar-refractivity contribution in [3.63, 3.8) is 0 Å². The minimum atomic E-state index is 0.507. The highest BCUT2D eigenvalue weighted by molar-refractivity contribution is 9.11. The fourth-order valence-electron chi connectivity index (χ4n) is 4.74. The fourth-order valence-corrected chi connectivity index (χ4v) is 5.91. The maximum Gasteiger partial charge on any atom is 0.0471 e. The molecule has 0 amide bonds. The number of fused-ring (bicyclic) bond motifs is 3. The highest BCUT2D eigenvalue weighted by Crippen LogP contribution is 2.43. The second-order valence-corrected chi connectivity index (χ2v) is 9.46. The van der Waals surface area contributed by atoms with Gasteiger partial charge in [-0.25, -0.2) is 0 Å². The normalized spacial score (nSPS) is 16.0. The molecule has 1 aliphatic rings. The second kappa shape index (κ2) is 6.89. The third-order valence-corrected chi connectivity index (χ3v) is 7.71. The van der Waals surface area contributed by atoms with Crippen molar-refractivity contribution in [3.8, 4) is 0 Å². The topological polar surface area (TPSA) is 15.8 Å². The van der Waals surface area contributed by atoms with Crippen molar-refractivity contribution in [2.45, 2.75) is 32.6 Å². The number of aryl methyl sites for hydroxylation is 2. The molecule has 0 spiro atoms. The summed E-state index contributed by atoms with van der Waals surface area (Å²) < 4.78 is 2.39. The van der Waals surface area contributed by atoms with Crippen LogP contribution in [0.4, 0.5) is 0 Å². The minimum Gasteiger partial charge on any atom is -0.361 e. The fraction of sp³-hybridized carbons (Fsp3) is 0.200. The van der Waals surface area contributed by atoms with E-state index in [0.29, 0.717) is 5.92 Å². The number of H-pyrrole nitrogens is 1. The molecule has 3 heteroatoms. The third-order valence-electron chi connectivity index (χ3n) is 6.17. The zero-order valence-corrected chi connectivity index (χ0v) is 19.1. The van der Waals surface area contributed by atoms with E-state index in [4.69, 9.17) is 0 Å². The smallest absolute Gasteiger partial charge is 0.0471 e. The lowest BCUT2D eigenvalue weighted by atomic mass is 9.89. The molecule has 0 saturated carbocycles. The van der Waals surface area contributed by atoms with E-state index in [2.05, 4.69) is 99.2 Å². The standard InChI is InChI=1S/C25H21Br2N/c1-14-11-21-18(5-3-7-23(21)26)16(14)8-9-17-15(2)12-22-20(17)13-24-19(25(22)27)6-4-10-28-24/h3-7,10-13,16,28H,8-9H2,1-2H3. The van der Waals surface area contributed by atoms with Gasteiger partial charge in [0.15, 0.2) is 0 Å². The lowest BCUT2D eigenvalue weighted by Gasteiger charge is -2.15. The number of hydrogen-bond donors (Lipinski definition) is 1. The van der Waals surface area contributed by atoms with Crippen molar-refractivity contribution in [2.24, 2.45) is 0 Å². The molecule has 0 radical (unpaired) electrons. The van der Waals surface area contributed by atoms with Crippen LogP contribution in [0.15, 0.2) is 63.2 Å². The average molecular weight is 495 g/mol. The summed E-state index contributed by atoms with van der Waals surface area (Å²) in [6.45, 7) is 4.52. The summed E-state index contributed by atoms with van der Waals surface area (Å²) in [5, 5.41) is 3.93. The van der Waals surface area contributed by atoms with Gasteiger partial charge in [-0.15, -0.1) is 0 Å². The number of allylic oxidation sites excluding steroid dienone is 1. The van der Waals surface area contributed by atoms with Crippen LogP contribution in [0.25, 0.3) is 27.8 Å². The molecule has 1 nitrogen and oxygen atoms in total. The van der Waals surface area contributed by atoms with E-state index in [0.717, 1.165) is 12.8 Å². The summed E-state index contributed by atoms with van der Waals surface area (Å²) in [4.78, 5) is 3.40. The monoisotopic (exact) mass is 493 g/mol. The first-order chi connectivity index (χ1) is 13.5. The first-order valence-corrected chi connectivity index (χ1v) is 11.3. The van der Waals surface area contributed by atoms with Crippen molar-refractivity contribution in [3.05, 3.63) is 85.4 Å². The van der Waals surface area contributed by atoms with Gasteiger partial charge in [-0.3, -0.25) is 0 Å². The van der Waals surface area contributed by atoms with E-state index in [1.807, 2.05) is 6.20 Å². The van der Waals surface area contributed by atoms with Crippen LogP contribution in [0.3, 0.4) is 0 Å². The first kappa shape index (κ1) is 18.2. The number of aromatic nitrogens is 1. The molecule has 0 bridgehead atoms. The molecule has 140 valence electrons. The molecule has 28 heavy (non-hydrogen) atoms. The third kappa shape index (κ3) is 2.79. The summed E-state index contributed by atoms with van der Waals surface area (Å²) in [6, 6.07) is 15.5. The lowest BCUT2D eigenvalue weighted by molar-refractivity contribution is 0.715. The van der Waals surface area contributed by atoms with Gasteiger partial charge in [-0.2, -0.15) is 0 Å². The SMILES string of the molecule is CC1=Cc2c(Br)cccc2C1CCc1c(C)cc2c(Br)c3ccc[nH]c3cc12. The minimum absolute atomic E-state index is 0.507. The summed E-state index contributed by atoms with van der Waals surface area (Å²) in [7, 11) is 0. The van der Waals surface area contributed by atoms with Crippen molar-refractivity contribution in [1.29, 1.82) is 0 Å². The number of nitrogens with one attached hydrogen (secondary N) is 1. The van der Waals surface area contributed by atoms with Gasteiger partial charge < -0.3 is 4.98 Å². The molecule has 5 rings (SSSR count). The molecular weight excluding hydrogens is 474 g/mol. The molecule has 1 aliphatic carbocycles. The first-order valence-electron chi connectivity index (χ1n) is 9.69. The van der Waals surface area contributed by atoms with Gasteiger partial charge in [-0.1, -0.05) is 45.8 Å². The van der Waals surface area contributed by atoms with Crippen LogP contribution >= 0.6 is 31.9 Å². The lowest BCUT2D eigenvalue weighted by Crippen LogP contribution is -2.00. The zero-order chi connectivity index (χ0) is 19.4. The second-order valence-electron chi connectivity index (χ2n) is 7.81. The number of pyridine rings is 1. The Morgan fingerprint density at radius 3 is 2.68 bits per heavy atom. The van der Waals surface area contributed by atoms with Crippen LogP contribution in [-0.4, -0.2) is 4.98 Å². The molecular formula is C25H21Br2N. The van der Waals surface area contributed by atoms with Gasteiger partial charge in [0, 0.05) is 32.0 Å². The molecule has 0 fully saturated rings. The van der Waals surface area contributed by atoms with E-state index in [9.17, 15) is 0 Å². The largest absolute Gasteiger partial charge is 0.361 e. The molecule has 0 saturated heterocycles. The summed E-state index contributed by atoms with van der Waals surface area (Å²) in [5.41, 5.74) is 8.33. The number of halogens is 2. The highest BCUT2D eigenvalue weighted by Gasteiger charge is 2.24. The Morgan fingerprint density at radius 2 is 1.82 bits per heavy atom. The van der Waals surface area contributed by atoms with E-state index in [-0.39, 0.29) is 0 Å². The van der Waals surface area contributed by atoms with Gasteiger partial charge in [0.2, 0.25) is 0 Å². The number of rotatable bonds is 3. The van der Waals surface area contributed by atoms with E-state index < -0.39 is 0 Å². The van der Waals surface area contributed by atoms with Gasteiger partial charge in [0.1, 0.15) is 0 Å². The number of aromatic amines is 1. The summed E-state index contributed by atoms with van der Waals surface area (Å²) in [6.07, 6.45) is 6.57. The maximum atomic E-state index is 3.85. The van der Waals surface area contributed by atoms with Crippen LogP contribution < -0.4 is 0 Å². The summed E-state index contributed by atoms with van der Waals surface area (Å²) >= 11 is 7.57. The van der Waals surface area contributed by atoms with E-state index >= 15 is 0 Å². The molecule has 1 heterocycles. The Morgan fingerprint density at radius 1 is 0.964 bits per heavy atom. The van der Waals surface area contributed by atoms with Crippen molar-refractivity contribution in [1.82, 2.24) is 4.98 Å².